The summed E-state index contributed by atoms with van der Waals surface area (Å²) in [6.45, 7) is 2.56. The minimum atomic E-state index is -0.461. The average Bonchev–Trinajstić information content (AvgIpc) is 2.94. The van der Waals surface area contributed by atoms with Gasteiger partial charge in [-0.05, 0) is 93.3 Å². The van der Waals surface area contributed by atoms with E-state index in [2.05, 4.69) is 33.4 Å². The Hall–Kier alpha value is -4.17. The number of nitrogens with one attached hydrogen (secondary N) is 1. The molecule has 38 heavy (non-hydrogen) atoms. The van der Waals surface area contributed by atoms with Gasteiger partial charge in [-0.1, -0.05) is 43.7 Å². The van der Waals surface area contributed by atoms with Crippen molar-refractivity contribution in [2.75, 3.05) is 13.2 Å². The number of ether oxygens (including phenoxy) is 3. The molecule has 0 radical (unpaired) electrons. The molecule has 4 aromatic carbocycles. The van der Waals surface area contributed by atoms with Crippen LogP contribution in [-0.2, 0) is 4.79 Å². The number of hydrogen-bond acceptors (Lipinski definition) is 6. The molecule has 0 saturated heterocycles. The highest BCUT2D eigenvalue weighted by molar-refractivity contribution is 9.10. The van der Waals surface area contributed by atoms with Crippen molar-refractivity contribution in [1.29, 1.82) is 0 Å². The molecule has 0 unspecified atom stereocenters. The van der Waals surface area contributed by atoms with E-state index >= 15 is 0 Å². The summed E-state index contributed by atoms with van der Waals surface area (Å²) >= 11 is 3.54. The van der Waals surface area contributed by atoms with Gasteiger partial charge < -0.3 is 14.2 Å². The number of halogens is 1. The second-order valence-corrected chi connectivity index (χ2v) is 9.16. The minimum absolute atomic E-state index is 0.186. The number of amides is 1. The van der Waals surface area contributed by atoms with Crippen LogP contribution in [0.15, 0.2) is 94.5 Å². The fourth-order valence-corrected chi connectivity index (χ4v) is 4.10. The van der Waals surface area contributed by atoms with E-state index in [-0.39, 0.29) is 6.61 Å². The smallest absolute Gasteiger partial charge is 0.343 e. The van der Waals surface area contributed by atoms with Crippen LogP contribution in [-0.4, -0.2) is 31.3 Å². The molecule has 0 heterocycles. The van der Waals surface area contributed by atoms with Crippen LogP contribution < -0.4 is 19.6 Å². The normalized spacial score (nSPS) is 10.9. The topological polar surface area (TPSA) is 86.2 Å². The number of carbonyl (C=O) groups excluding carboxylic acids is 2. The molecule has 0 aromatic heterocycles. The molecule has 7 nitrogen and oxygen atoms in total. The third kappa shape index (κ3) is 7.43. The summed E-state index contributed by atoms with van der Waals surface area (Å²) in [5.74, 6) is 0.836. The molecule has 0 spiro atoms. The Kier molecular flexibility index (Phi) is 9.48. The Bertz CT molecular complexity index is 1420. The molecular formula is C30H27BrN2O5. The van der Waals surface area contributed by atoms with Gasteiger partial charge in [0.1, 0.15) is 17.2 Å². The third-order valence-electron chi connectivity index (χ3n) is 5.54. The second-order valence-electron chi connectivity index (χ2n) is 8.37. The summed E-state index contributed by atoms with van der Waals surface area (Å²) in [5, 5.41) is 6.04. The second kappa shape index (κ2) is 13.4. The van der Waals surface area contributed by atoms with Crippen molar-refractivity contribution < 1.29 is 23.8 Å². The van der Waals surface area contributed by atoms with E-state index in [1.807, 2.05) is 36.4 Å². The van der Waals surface area contributed by atoms with E-state index in [4.69, 9.17) is 14.2 Å². The number of hydrazone groups is 1. The van der Waals surface area contributed by atoms with Crippen molar-refractivity contribution >= 4 is 44.8 Å². The molecule has 0 atom stereocenters. The van der Waals surface area contributed by atoms with Crippen molar-refractivity contribution in [3.05, 3.63) is 101 Å². The lowest BCUT2D eigenvalue weighted by Gasteiger charge is -2.09. The molecule has 1 amide bonds. The molecule has 0 fully saturated rings. The van der Waals surface area contributed by atoms with Crippen molar-refractivity contribution in [2.24, 2.45) is 5.10 Å². The van der Waals surface area contributed by atoms with Crippen molar-refractivity contribution in [3.8, 4) is 17.2 Å². The zero-order valence-corrected chi connectivity index (χ0v) is 22.4. The molecule has 0 aliphatic rings. The molecule has 4 rings (SSSR count). The highest BCUT2D eigenvalue weighted by Gasteiger charge is 2.10. The monoisotopic (exact) mass is 574 g/mol. The van der Waals surface area contributed by atoms with Gasteiger partial charge in [-0.2, -0.15) is 5.10 Å². The van der Waals surface area contributed by atoms with Gasteiger partial charge in [0.2, 0.25) is 0 Å². The van der Waals surface area contributed by atoms with Gasteiger partial charge in [0, 0.05) is 0 Å². The predicted octanol–water partition coefficient (Wildman–Crippen LogP) is 6.53. The highest BCUT2D eigenvalue weighted by Crippen LogP contribution is 2.32. The number of rotatable bonds is 11. The van der Waals surface area contributed by atoms with Crippen molar-refractivity contribution in [3.63, 3.8) is 0 Å². The van der Waals surface area contributed by atoms with Crippen LogP contribution in [0.25, 0.3) is 10.8 Å². The molecule has 4 aromatic rings. The molecule has 0 saturated carbocycles. The zero-order valence-electron chi connectivity index (χ0n) is 20.9. The standard InChI is InChI=1S/C30H27BrN2O5/c1-2-3-18-36-24-15-10-23(11-16-24)30(35)38-25-13-8-21(9-14-25)19-32-33-28(34)20-37-27-17-12-22-6-4-5-7-26(22)29(27)31/h4-17,19H,2-3,18,20H2,1H3,(H,33,34)/b32-19-. The Morgan fingerprint density at radius 2 is 1.63 bits per heavy atom. The quantitative estimate of drug-likeness (QED) is 0.0723. The summed E-state index contributed by atoms with van der Waals surface area (Å²) in [5.41, 5.74) is 3.59. The number of unbranched alkanes of at least 4 members (excludes halogenated alkanes) is 1. The molecule has 8 heteroatoms. The lowest BCUT2D eigenvalue weighted by Crippen LogP contribution is -2.24. The number of carbonyl (C=O) groups is 2. The molecule has 194 valence electrons. The predicted molar refractivity (Wildman–Crippen MR) is 151 cm³/mol. The Morgan fingerprint density at radius 3 is 2.39 bits per heavy atom. The fraction of sp³-hybridized carbons (Fsp3) is 0.167. The van der Waals surface area contributed by atoms with E-state index < -0.39 is 11.9 Å². The van der Waals surface area contributed by atoms with Crippen LogP contribution >= 0.6 is 15.9 Å². The molecule has 1 N–H and O–H groups in total. The van der Waals surface area contributed by atoms with Gasteiger partial charge >= 0.3 is 5.97 Å². The van der Waals surface area contributed by atoms with Gasteiger partial charge in [-0.25, -0.2) is 10.2 Å². The van der Waals surface area contributed by atoms with E-state index in [0.29, 0.717) is 23.7 Å². The number of benzene rings is 4. The fourth-order valence-electron chi connectivity index (χ4n) is 3.49. The van der Waals surface area contributed by atoms with E-state index in [1.54, 1.807) is 48.5 Å². The van der Waals surface area contributed by atoms with Gasteiger partial charge in [-0.3, -0.25) is 4.79 Å². The lowest BCUT2D eigenvalue weighted by molar-refractivity contribution is -0.123. The lowest BCUT2D eigenvalue weighted by atomic mass is 10.1. The first-order valence-corrected chi connectivity index (χ1v) is 13.0. The molecule has 0 bridgehead atoms. The van der Waals surface area contributed by atoms with Crippen molar-refractivity contribution in [2.45, 2.75) is 19.8 Å². The molecule has 0 aliphatic heterocycles. The summed E-state index contributed by atoms with van der Waals surface area (Å²) in [7, 11) is 0. The van der Waals surface area contributed by atoms with Crippen LogP contribution in [0.3, 0.4) is 0 Å². The SMILES string of the molecule is CCCCOc1ccc(C(=O)Oc2ccc(/C=N\NC(=O)COc3ccc4ccccc4c3Br)cc2)cc1. The minimum Gasteiger partial charge on any atom is -0.494 e. The van der Waals surface area contributed by atoms with Gasteiger partial charge in [0.15, 0.2) is 6.61 Å². The van der Waals surface area contributed by atoms with Crippen LogP contribution in [0.1, 0.15) is 35.7 Å². The zero-order chi connectivity index (χ0) is 26.7. The summed E-state index contributed by atoms with van der Waals surface area (Å²) in [6.07, 6.45) is 3.53. The van der Waals surface area contributed by atoms with E-state index in [1.165, 1.54) is 6.21 Å². The maximum Gasteiger partial charge on any atom is 0.343 e. The van der Waals surface area contributed by atoms with Crippen LogP contribution in [0.4, 0.5) is 0 Å². The number of nitrogens with zero attached hydrogens (tertiary/aromatic N) is 1. The van der Waals surface area contributed by atoms with Crippen LogP contribution in [0, 0.1) is 0 Å². The maximum atomic E-state index is 12.4. The summed E-state index contributed by atoms with van der Waals surface area (Å²) in [4.78, 5) is 24.6. The first-order valence-electron chi connectivity index (χ1n) is 12.2. The van der Waals surface area contributed by atoms with Crippen LogP contribution in [0.5, 0.6) is 17.2 Å². The Labute approximate surface area is 229 Å². The van der Waals surface area contributed by atoms with E-state index in [9.17, 15) is 9.59 Å². The summed E-state index contributed by atoms with van der Waals surface area (Å²) < 4.78 is 17.5. The third-order valence-corrected chi connectivity index (χ3v) is 6.35. The first kappa shape index (κ1) is 26.9. The van der Waals surface area contributed by atoms with Crippen molar-refractivity contribution in [1.82, 2.24) is 5.43 Å². The Morgan fingerprint density at radius 1 is 0.895 bits per heavy atom. The van der Waals surface area contributed by atoms with Gasteiger partial charge in [0.25, 0.3) is 5.91 Å². The van der Waals surface area contributed by atoms with Crippen LogP contribution in [0.2, 0.25) is 0 Å². The number of fused-ring (bicyclic) bond motifs is 1. The summed E-state index contributed by atoms with van der Waals surface area (Å²) in [6, 6.07) is 25.3. The number of esters is 1. The van der Waals surface area contributed by atoms with Gasteiger partial charge in [-0.15, -0.1) is 0 Å². The maximum absolute atomic E-state index is 12.4. The Balaban J connectivity index is 1.23. The van der Waals surface area contributed by atoms with E-state index in [0.717, 1.165) is 39.4 Å². The largest absolute Gasteiger partial charge is 0.494 e. The highest BCUT2D eigenvalue weighted by atomic mass is 79.9. The molecular weight excluding hydrogens is 548 g/mol. The first-order chi connectivity index (χ1) is 18.5. The number of hydrogen-bond donors (Lipinski definition) is 1. The average molecular weight is 575 g/mol. The molecule has 0 aliphatic carbocycles. The van der Waals surface area contributed by atoms with Gasteiger partial charge in [0.05, 0.1) is 22.9 Å².